The molecule has 1 aliphatic heterocycles. The van der Waals surface area contributed by atoms with Crippen LogP contribution in [0, 0.1) is 6.92 Å². The third-order valence-corrected chi connectivity index (χ3v) is 5.69. The van der Waals surface area contributed by atoms with Crippen molar-refractivity contribution in [3.8, 4) is 0 Å². The fourth-order valence-electron chi connectivity index (χ4n) is 3.43. The van der Waals surface area contributed by atoms with Crippen LogP contribution in [0.2, 0.25) is 0 Å². The molecule has 7 nitrogen and oxygen atoms in total. The van der Waals surface area contributed by atoms with Crippen molar-refractivity contribution in [3.05, 3.63) is 56.4 Å². The predicted molar refractivity (Wildman–Crippen MR) is 105 cm³/mol. The molecule has 0 radical (unpaired) electrons. The van der Waals surface area contributed by atoms with Crippen LogP contribution in [0.25, 0.3) is 10.8 Å². The third kappa shape index (κ3) is 3.50. The Morgan fingerprint density at radius 2 is 1.85 bits per heavy atom. The molecule has 0 bridgehead atoms. The Labute approximate surface area is 160 Å². The van der Waals surface area contributed by atoms with E-state index in [1.807, 2.05) is 17.9 Å². The second-order valence-corrected chi connectivity index (χ2v) is 7.81. The summed E-state index contributed by atoms with van der Waals surface area (Å²) in [5, 5.41) is 8.56. The summed E-state index contributed by atoms with van der Waals surface area (Å²) >= 11 is 1.66. The first-order valence-electron chi connectivity index (χ1n) is 8.91. The first kappa shape index (κ1) is 17.8. The molecule has 0 atom stereocenters. The third-order valence-electron chi connectivity index (χ3n) is 4.87. The number of amides is 1. The molecular formula is C19H21N5O2S. The monoisotopic (exact) mass is 383 g/mol. The van der Waals surface area contributed by atoms with E-state index < -0.39 is 0 Å². The molecule has 2 aromatic heterocycles. The number of benzene rings is 1. The lowest BCUT2D eigenvalue weighted by Gasteiger charge is -2.34. The number of nitrogens with zero attached hydrogens (tertiary/aromatic N) is 5. The van der Waals surface area contributed by atoms with Gasteiger partial charge in [-0.2, -0.15) is 5.10 Å². The van der Waals surface area contributed by atoms with E-state index in [1.54, 1.807) is 36.6 Å². The Morgan fingerprint density at radius 1 is 1.15 bits per heavy atom. The molecule has 3 aromatic rings. The van der Waals surface area contributed by atoms with Gasteiger partial charge < -0.3 is 4.90 Å². The number of carbonyl (C=O) groups is 1. The largest absolute Gasteiger partial charge is 0.335 e. The SMILES string of the molecule is Cc1nc(CN2CCN(C(=O)c3nn(C)c(=O)c4ccccc34)CC2)cs1. The topological polar surface area (TPSA) is 71.3 Å². The Bertz CT molecular complexity index is 1050. The van der Waals surface area contributed by atoms with Crippen molar-refractivity contribution < 1.29 is 4.79 Å². The van der Waals surface area contributed by atoms with Crippen LogP contribution in [-0.4, -0.2) is 56.7 Å². The molecule has 0 spiro atoms. The molecule has 1 saturated heterocycles. The van der Waals surface area contributed by atoms with E-state index in [-0.39, 0.29) is 11.5 Å². The van der Waals surface area contributed by atoms with E-state index in [9.17, 15) is 9.59 Å². The van der Waals surface area contributed by atoms with Crippen LogP contribution in [0.4, 0.5) is 0 Å². The average Bonchev–Trinajstić information content (AvgIpc) is 3.09. The Balaban J connectivity index is 1.51. The molecule has 1 amide bonds. The minimum atomic E-state index is -0.189. The summed E-state index contributed by atoms with van der Waals surface area (Å²) in [4.78, 5) is 34.0. The maximum Gasteiger partial charge on any atom is 0.275 e. The summed E-state index contributed by atoms with van der Waals surface area (Å²) in [5.74, 6) is -0.119. The molecule has 8 heteroatoms. The molecule has 1 aliphatic rings. The van der Waals surface area contributed by atoms with Crippen LogP contribution in [0.3, 0.4) is 0 Å². The summed E-state index contributed by atoms with van der Waals surface area (Å²) in [6.45, 7) is 5.70. The molecule has 0 N–H and O–H groups in total. The summed E-state index contributed by atoms with van der Waals surface area (Å²) in [5.41, 5.74) is 1.24. The molecular weight excluding hydrogens is 362 g/mol. The first-order valence-corrected chi connectivity index (χ1v) is 9.79. The van der Waals surface area contributed by atoms with E-state index in [4.69, 9.17) is 0 Å². The number of hydrogen-bond acceptors (Lipinski definition) is 6. The zero-order chi connectivity index (χ0) is 19.0. The highest BCUT2D eigenvalue weighted by Crippen LogP contribution is 2.17. The number of piperazine rings is 1. The number of carbonyl (C=O) groups excluding carboxylic acids is 1. The lowest BCUT2D eigenvalue weighted by molar-refractivity contribution is 0.0621. The highest BCUT2D eigenvalue weighted by molar-refractivity contribution is 7.09. The summed E-state index contributed by atoms with van der Waals surface area (Å²) < 4.78 is 1.25. The van der Waals surface area contributed by atoms with Crippen LogP contribution in [-0.2, 0) is 13.6 Å². The molecule has 27 heavy (non-hydrogen) atoms. The van der Waals surface area contributed by atoms with Gasteiger partial charge in [0.2, 0.25) is 0 Å². The molecule has 1 fully saturated rings. The van der Waals surface area contributed by atoms with Gasteiger partial charge in [-0.3, -0.25) is 14.5 Å². The van der Waals surface area contributed by atoms with Crippen molar-refractivity contribution in [2.75, 3.05) is 26.2 Å². The number of fused-ring (bicyclic) bond motifs is 1. The second-order valence-electron chi connectivity index (χ2n) is 6.75. The lowest BCUT2D eigenvalue weighted by atomic mass is 10.1. The average molecular weight is 383 g/mol. The number of rotatable bonds is 3. The maximum absolute atomic E-state index is 13.1. The Kier molecular flexibility index (Phi) is 4.75. The van der Waals surface area contributed by atoms with Crippen molar-refractivity contribution in [2.45, 2.75) is 13.5 Å². The van der Waals surface area contributed by atoms with Crippen LogP contribution < -0.4 is 5.56 Å². The number of hydrogen-bond donors (Lipinski definition) is 0. The zero-order valence-electron chi connectivity index (χ0n) is 15.4. The van der Waals surface area contributed by atoms with E-state index in [2.05, 4.69) is 20.4 Å². The van der Waals surface area contributed by atoms with Crippen LogP contribution in [0.5, 0.6) is 0 Å². The van der Waals surface area contributed by atoms with Crippen LogP contribution in [0.1, 0.15) is 21.2 Å². The van der Waals surface area contributed by atoms with E-state index in [0.717, 1.165) is 30.3 Å². The van der Waals surface area contributed by atoms with Gasteiger partial charge in [-0.15, -0.1) is 11.3 Å². The summed E-state index contributed by atoms with van der Waals surface area (Å²) in [7, 11) is 1.58. The van der Waals surface area contributed by atoms with Gasteiger partial charge in [-0.05, 0) is 13.0 Å². The van der Waals surface area contributed by atoms with Gasteiger partial charge in [-0.25, -0.2) is 9.67 Å². The minimum absolute atomic E-state index is 0.119. The second kappa shape index (κ2) is 7.21. The van der Waals surface area contributed by atoms with Crippen molar-refractivity contribution in [3.63, 3.8) is 0 Å². The molecule has 0 unspecified atom stereocenters. The van der Waals surface area contributed by atoms with Gasteiger partial charge in [0, 0.05) is 50.5 Å². The quantitative estimate of drug-likeness (QED) is 0.688. The highest BCUT2D eigenvalue weighted by Gasteiger charge is 2.25. The molecule has 0 aliphatic carbocycles. The highest BCUT2D eigenvalue weighted by atomic mass is 32.1. The fraction of sp³-hybridized carbons (Fsp3) is 0.368. The van der Waals surface area contributed by atoms with E-state index in [0.29, 0.717) is 29.6 Å². The normalized spacial score (nSPS) is 15.4. The minimum Gasteiger partial charge on any atom is -0.335 e. The number of thiazole rings is 1. The Hall–Kier alpha value is -2.58. The fourth-order valence-corrected chi connectivity index (χ4v) is 4.03. The maximum atomic E-state index is 13.1. The molecule has 140 valence electrons. The number of aryl methyl sites for hydroxylation is 2. The van der Waals surface area contributed by atoms with Gasteiger partial charge in [0.15, 0.2) is 5.69 Å². The van der Waals surface area contributed by atoms with Gasteiger partial charge in [0.05, 0.1) is 16.1 Å². The Morgan fingerprint density at radius 3 is 2.52 bits per heavy atom. The van der Waals surface area contributed by atoms with Gasteiger partial charge in [0.1, 0.15) is 0 Å². The summed E-state index contributed by atoms with van der Waals surface area (Å²) in [6, 6.07) is 7.16. The van der Waals surface area contributed by atoms with Gasteiger partial charge >= 0.3 is 0 Å². The molecule has 4 rings (SSSR count). The predicted octanol–water partition coefficient (Wildman–Crippen LogP) is 1.66. The van der Waals surface area contributed by atoms with Crippen molar-refractivity contribution in [1.29, 1.82) is 0 Å². The first-order chi connectivity index (χ1) is 13.0. The van der Waals surface area contributed by atoms with Crippen molar-refractivity contribution in [2.24, 2.45) is 7.05 Å². The van der Waals surface area contributed by atoms with Crippen LogP contribution in [0.15, 0.2) is 34.4 Å². The molecule has 3 heterocycles. The summed E-state index contributed by atoms with van der Waals surface area (Å²) in [6.07, 6.45) is 0. The molecule has 0 saturated carbocycles. The smallest absolute Gasteiger partial charge is 0.275 e. The number of aromatic nitrogens is 3. The van der Waals surface area contributed by atoms with Crippen molar-refractivity contribution in [1.82, 2.24) is 24.6 Å². The standard InChI is InChI=1S/C19H21N5O2S/c1-13-20-14(12-27-13)11-23-7-9-24(10-8-23)19(26)17-15-5-3-4-6-16(15)18(25)22(2)21-17/h3-6,12H,7-11H2,1-2H3. The van der Waals surface area contributed by atoms with E-state index in [1.165, 1.54) is 4.68 Å². The zero-order valence-corrected chi connectivity index (χ0v) is 16.2. The van der Waals surface area contributed by atoms with Gasteiger partial charge in [-0.1, -0.05) is 18.2 Å². The van der Waals surface area contributed by atoms with Crippen LogP contribution >= 0.6 is 11.3 Å². The van der Waals surface area contributed by atoms with Gasteiger partial charge in [0.25, 0.3) is 11.5 Å². The van der Waals surface area contributed by atoms with Crippen molar-refractivity contribution >= 4 is 28.0 Å². The van der Waals surface area contributed by atoms with E-state index >= 15 is 0 Å². The lowest BCUT2D eigenvalue weighted by Crippen LogP contribution is -2.48. The molecule has 1 aromatic carbocycles.